The molecule has 0 saturated carbocycles. The summed E-state index contributed by atoms with van der Waals surface area (Å²) in [5.74, 6) is 1.05. The lowest BCUT2D eigenvalue weighted by Crippen LogP contribution is -2.37. The van der Waals surface area contributed by atoms with Gasteiger partial charge in [0, 0.05) is 59.5 Å². The first kappa shape index (κ1) is 25.7. The number of hydrogen-bond acceptors (Lipinski definition) is 6. The minimum atomic E-state index is -1.11. The lowest BCUT2D eigenvalue weighted by molar-refractivity contribution is 0.0224. The highest BCUT2D eigenvalue weighted by Gasteiger charge is 2.53. The molecule has 4 aromatic carbocycles. The zero-order valence-electron chi connectivity index (χ0n) is 23.7. The Labute approximate surface area is 241 Å². The second-order valence-electron chi connectivity index (χ2n) is 10.7. The average Bonchev–Trinajstić information content (AvgIpc) is 3.57. The third-order valence-electron chi connectivity index (χ3n) is 8.61. The zero-order valence-corrected chi connectivity index (χ0v) is 23.7. The molecule has 41 heavy (non-hydrogen) atoms. The van der Waals surface area contributed by atoms with Gasteiger partial charge in [-0.2, -0.15) is 0 Å². The van der Waals surface area contributed by atoms with Gasteiger partial charge in [0.05, 0.1) is 5.56 Å². The van der Waals surface area contributed by atoms with Gasteiger partial charge in [0.15, 0.2) is 5.60 Å². The van der Waals surface area contributed by atoms with Gasteiger partial charge < -0.3 is 24.0 Å². The van der Waals surface area contributed by atoms with E-state index in [2.05, 4.69) is 78.2 Å². The van der Waals surface area contributed by atoms with Crippen molar-refractivity contribution in [2.45, 2.75) is 45.4 Å². The van der Waals surface area contributed by atoms with Crippen LogP contribution in [0.2, 0.25) is 0 Å². The predicted molar refractivity (Wildman–Crippen MR) is 161 cm³/mol. The van der Waals surface area contributed by atoms with E-state index < -0.39 is 5.60 Å². The molecule has 0 radical (unpaired) electrons. The van der Waals surface area contributed by atoms with Gasteiger partial charge in [-0.3, -0.25) is 0 Å². The van der Waals surface area contributed by atoms with Crippen LogP contribution in [0.15, 0.2) is 84.9 Å². The molecule has 3 aliphatic heterocycles. The van der Waals surface area contributed by atoms with Gasteiger partial charge in [-0.15, -0.1) is 0 Å². The van der Waals surface area contributed by atoms with Crippen LogP contribution in [0.3, 0.4) is 0 Å². The monoisotopic (exact) mass is 546 g/mol. The van der Waals surface area contributed by atoms with Crippen LogP contribution in [0.1, 0.15) is 59.8 Å². The maximum absolute atomic E-state index is 13.4. The first-order valence-corrected chi connectivity index (χ1v) is 14.6. The summed E-state index contributed by atoms with van der Waals surface area (Å²) < 4.78 is 19.1. The van der Waals surface area contributed by atoms with E-state index in [1.165, 1.54) is 11.3 Å². The summed E-state index contributed by atoms with van der Waals surface area (Å²) in [6.45, 7) is 8.61. The molecule has 0 bridgehead atoms. The molecule has 0 aromatic heterocycles. The molecule has 0 N–H and O–H groups in total. The Balaban J connectivity index is 1.40. The molecule has 0 amide bonds. The highest BCUT2D eigenvalue weighted by Crippen LogP contribution is 2.57. The smallest absolute Gasteiger partial charge is 0.340 e. The Kier molecular flexibility index (Phi) is 6.24. The molecule has 0 fully saturated rings. The van der Waals surface area contributed by atoms with Crippen molar-refractivity contribution in [2.24, 2.45) is 0 Å². The lowest BCUT2D eigenvalue weighted by atomic mass is 9.77. The quantitative estimate of drug-likeness (QED) is 0.176. The minimum absolute atomic E-state index is 0.0381. The summed E-state index contributed by atoms with van der Waals surface area (Å²) in [7, 11) is 0. The number of fused-ring (bicyclic) bond motifs is 7. The second-order valence-corrected chi connectivity index (χ2v) is 10.7. The van der Waals surface area contributed by atoms with Crippen LogP contribution >= 0.6 is 0 Å². The van der Waals surface area contributed by atoms with Gasteiger partial charge in [0.25, 0.3) is 0 Å². The molecule has 4 aromatic rings. The van der Waals surface area contributed by atoms with E-state index in [9.17, 15) is 4.79 Å². The maximum atomic E-state index is 13.4. The molecule has 208 valence electrons. The topological polar surface area (TPSA) is 51.2 Å². The summed E-state index contributed by atoms with van der Waals surface area (Å²) in [5.41, 5.74) is 6.60. The fourth-order valence-corrected chi connectivity index (χ4v) is 6.78. The van der Waals surface area contributed by atoms with Gasteiger partial charge in [0.2, 0.25) is 0 Å². The molecular formula is C35H34N2O4. The first-order valence-electron chi connectivity index (χ1n) is 14.6. The number of nitrogens with zero attached hydrogens (tertiary/aromatic N) is 2. The Morgan fingerprint density at radius 2 is 1.73 bits per heavy atom. The molecule has 3 aliphatic rings. The molecule has 7 rings (SSSR count). The highest BCUT2D eigenvalue weighted by molar-refractivity contribution is 5.97. The number of anilines is 3. The summed E-state index contributed by atoms with van der Waals surface area (Å²) in [6, 6.07) is 28.7. The highest BCUT2D eigenvalue weighted by atomic mass is 16.6. The molecule has 0 aliphatic carbocycles. The Morgan fingerprint density at radius 3 is 2.56 bits per heavy atom. The molecule has 6 nitrogen and oxygen atoms in total. The third-order valence-corrected chi connectivity index (χ3v) is 8.61. The van der Waals surface area contributed by atoms with Crippen molar-refractivity contribution < 1.29 is 19.0 Å². The van der Waals surface area contributed by atoms with Crippen molar-refractivity contribution >= 4 is 23.0 Å². The third kappa shape index (κ3) is 3.85. The average molecular weight is 547 g/mol. The van der Waals surface area contributed by atoms with Crippen LogP contribution in [0, 0.1) is 0 Å². The molecule has 2 atom stereocenters. The summed E-state index contributed by atoms with van der Waals surface area (Å²) >= 11 is 0. The Hall–Kier alpha value is -4.29. The van der Waals surface area contributed by atoms with Crippen molar-refractivity contribution in [3.8, 4) is 11.5 Å². The van der Waals surface area contributed by atoms with E-state index in [0.717, 1.165) is 54.0 Å². The van der Waals surface area contributed by atoms with E-state index in [1.54, 1.807) is 0 Å². The molecule has 6 heteroatoms. The van der Waals surface area contributed by atoms with Crippen LogP contribution in [0.4, 0.5) is 17.1 Å². The van der Waals surface area contributed by atoms with Crippen molar-refractivity contribution in [3.05, 3.63) is 113 Å². The van der Waals surface area contributed by atoms with Crippen LogP contribution < -0.4 is 14.5 Å². The van der Waals surface area contributed by atoms with Gasteiger partial charge in [-0.25, -0.2) is 4.79 Å². The summed E-state index contributed by atoms with van der Waals surface area (Å²) in [4.78, 5) is 18.0. The Morgan fingerprint density at radius 1 is 0.902 bits per heavy atom. The standard InChI is InChI=1S/C35H34N2O4/c1-4-33(39-6-3)36(5-2)25-15-17-28-32(22-25)40-31-18-16-24(37-20-19-23-11-7-10-14-30(23)37)21-29(31)35(28)27-13-9-8-12-26(27)34(38)41-35/h7-18,21-22,33H,4-6,19-20H2,1-3H3. The lowest BCUT2D eigenvalue weighted by Gasteiger charge is -2.38. The number of benzene rings is 4. The number of para-hydroxylation sites is 1. The van der Waals surface area contributed by atoms with Crippen molar-refractivity contribution in [3.63, 3.8) is 0 Å². The van der Waals surface area contributed by atoms with Crippen LogP contribution in [-0.2, 0) is 21.5 Å². The minimum Gasteiger partial charge on any atom is -0.456 e. The summed E-state index contributed by atoms with van der Waals surface area (Å²) in [5, 5.41) is 0. The SMILES string of the molecule is CCOC(CC)N(CC)c1ccc2c(c1)Oc1ccc(N3CCc4ccccc43)cc1C21OC(=O)c2ccccc21. The Bertz CT molecular complexity index is 1650. The van der Waals surface area contributed by atoms with Crippen molar-refractivity contribution in [1.82, 2.24) is 0 Å². The fraction of sp³-hybridized carbons (Fsp3) is 0.286. The number of esters is 1. The van der Waals surface area contributed by atoms with Crippen LogP contribution in [0.25, 0.3) is 0 Å². The largest absolute Gasteiger partial charge is 0.456 e. The number of rotatable bonds is 7. The van der Waals surface area contributed by atoms with E-state index in [0.29, 0.717) is 23.7 Å². The first-order chi connectivity index (χ1) is 20.1. The second kappa shape index (κ2) is 9.96. The number of hydrogen-bond donors (Lipinski definition) is 0. The van der Waals surface area contributed by atoms with Gasteiger partial charge >= 0.3 is 5.97 Å². The van der Waals surface area contributed by atoms with Crippen LogP contribution in [-0.4, -0.2) is 31.9 Å². The number of carbonyl (C=O) groups is 1. The zero-order chi connectivity index (χ0) is 28.1. The predicted octanol–water partition coefficient (Wildman–Crippen LogP) is 7.55. The van der Waals surface area contributed by atoms with Crippen molar-refractivity contribution in [1.29, 1.82) is 0 Å². The van der Waals surface area contributed by atoms with Gasteiger partial charge in [0.1, 0.15) is 17.7 Å². The number of carbonyl (C=O) groups excluding carboxylic acids is 1. The summed E-state index contributed by atoms with van der Waals surface area (Å²) in [6.07, 6.45) is 1.82. The van der Waals surface area contributed by atoms with Gasteiger partial charge in [-0.05, 0) is 74.7 Å². The van der Waals surface area contributed by atoms with E-state index in [1.807, 2.05) is 37.3 Å². The van der Waals surface area contributed by atoms with E-state index in [4.69, 9.17) is 14.2 Å². The maximum Gasteiger partial charge on any atom is 0.340 e. The molecule has 2 unspecified atom stereocenters. The fourth-order valence-electron chi connectivity index (χ4n) is 6.78. The van der Waals surface area contributed by atoms with Gasteiger partial charge in [-0.1, -0.05) is 43.3 Å². The normalized spacial score (nSPS) is 18.7. The van der Waals surface area contributed by atoms with Crippen molar-refractivity contribution in [2.75, 3.05) is 29.5 Å². The number of ether oxygens (including phenoxy) is 3. The van der Waals surface area contributed by atoms with E-state index >= 15 is 0 Å². The van der Waals surface area contributed by atoms with Crippen LogP contribution in [0.5, 0.6) is 11.5 Å². The molecular weight excluding hydrogens is 512 g/mol. The molecule has 0 saturated heterocycles. The molecule has 3 heterocycles. The molecule has 1 spiro atoms. The van der Waals surface area contributed by atoms with E-state index in [-0.39, 0.29) is 12.2 Å².